The second kappa shape index (κ2) is 10.3. The predicted octanol–water partition coefficient (Wildman–Crippen LogP) is 6.78. The predicted molar refractivity (Wildman–Crippen MR) is 144 cm³/mol. The fraction of sp³-hybridized carbons (Fsp3) is 0.280. The van der Waals surface area contributed by atoms with Gasteiger partial charge in [0.1, 0.15) is 30.6 Å². The van der Waals surface area contributed by atoms with Gasteiger partial charge >= 0.3 is 5.97 Å². The number of anilines is 1. The van der Waals surface area contributed by atoms with E-state index >= 15 is 0 Å². The molecule has 3 heterocycles. The fourth-order valence-corrected chi connectivity index (χ4v) is 7.94. The standard InChI is InChI=1S/C25H22ClN3O3S3/c1-13-27-22(19-15-10-6-7-11-16(15)34-23(19)28-13)33-12-17(30)29-24-20(25(31)32-2)18(21(26)35-24)14-8-4-3-5-9-14/h3-5,8-9H,6-7,10-12H2,1-2H3,(H,29,30). The van der Waals surface area contributed by atoms with Gasteiger partial charge in [0.05, 0.1) is 12.9 Å². The van der Waals surface area contributed by atoms with Crippen molar-refractivity contribution in [2.45, 2.75) is 37.6 Å². The Hall–Kier alpha value is -2.46. The van der Waals surface area contributed by atoms with E-state index in [1.54, 1.807) is 11.3 Å². The fourth-order valence-electron chi connectivity index (χ4n) is 4.28. The summed E-state index contributed by atoms with van der Waals surface area (Å²) in [5, 5.41) is 5.19. The van der Waals surface area contributed by atoms with Gasteiger partial charge in [0.15, 0.2) is 0 Å². The van der Waals surface area contributed by atoms with Crippen LogP contribution < -0.4 is 5.32 Å². The number of aryl methyl sites for hydroxylation is 3. The molecule has 1 N–H and O–H groups in total. The summed E-state index contributed by atoms with van der Waals surface area (Å²) in [5.41, 5.74) is 2.94. The molecule has 0 unspecified atom stereocenters. The highest BCUT2D eigenvalue weighted by atomic mass is 35.5. The molecule has 35 heavy (non-hydrogen) atoms. The Kier molecular flexibility index (Phi) is 7.11. The molecule has 4 aromatic rings. The van der Waals surface area contributed by atoms with Crippen molar-refractivity contribution in [2.24, 2.45) is 0 Å². The number of hydrogen-bond acceptors (Lipinski definition) is 8. The zero-order valence-corrected chi connectivity index (χ0v) is 22.3. The van der Waals surface area contributed by atoms with Crippen LogP contribution in [0.1, 0.15) is 39.5 Å². The zero-order valence-electron chi connectivity index (χ0n) is 19.1. The lowest BCUT2D eigenvalue weighted by Gasteiger charge is -2.12. The molecule has 0 atom stereocenters. The molecule has 0 aliphatic heterocycles. The summed E-state index contributed by atoms with van der Waals surface area (Å²) < 4.78 is 5.42. The van der Waals surface area contributed by atoms with Crippen LogP contribution in [0.25, 0.3) is 21.3 Å². The van der Waals surface area contributed by atoms with E-state index in [4.69, 9.17) is 16.3 Å². The number of carbonyl (C=O) groups is 2. The SMILES string of the molecule is COC(=O)c1c(NC(=O)CSc2nc(C)nc3sc4c(c23)CCCC4)sc(Cl)c1-c1ccccc1. The van der Waals surface area contributed by atoms with E-state index in [0.717, 1.165) is 51.4 Å². The van der Waals surface area contributed by atoms with Gasteiger partial charge < -0.3 is 10.1 Å². The molecule has 5 rings (SSSR count). The molecule has 1 aromatic carbocycles. The number of thiophene rings is 2. The molecule has 0 spiro atoms. The largest absolute Gasteiger partial charge is 0.465 e. The van der Waals surface area contributed by atoms with Gasteiger partial charge in [-0.05, 0) is 43.7 Å². The molecule has 0 saturated carbocycles. The molecule has 1 amide bonds. The number of ether oxygens (including phenoxy) is 1. The number of aromatic nitrogens is 2. The molecular weight excluding hydrogens is 522 g/mol. The van der Waals surface area contributed by atoms with E-state index in [1.807, 2.05) is 37.3 Å². The van der Waals surface area contributed by atoms with Gasteiger partial charge in [-0.25, -0.2) is 14.8 Å². The monoisotopic (exact) mass is 543 g/mol. The Labute approximate surface area is 220 Å². The quantitative estimate of drug-likeness (QED) is 0.164. The van der Waals surface area contributed by atoms with Gasteiger partial charge in [0.2, 0.25) is 5.91 Å². The number of amides is 1. The van der Waals surface area contributed by atoms with Gasteiger partial charge in [0, 0.05) is 15.8 Å². The lowest BCUT2D eigenvalue weighted by Crippen LogP contribution is -2.16. The molecule has 6 nitrogen and oxygen atoms in total. The molecule has 1 aliphatic rings. The summed E-state index contributed by atoms with van der Waals surface area (Å²) in [6.07, 6.45) is 4.48. The Morgan fingerprint density at radius 2 is 1.91 bits per heavy atom. The van der Waals surface area contributed by atoms with Crippen molar-refractivity contribution >= 4 is 73.1 Å². The maximum absolute atomic E-state index is 13.0. The number of fused-ring (bicyclic) bond motifs is 3. The van der Waals surface area contributed by atoms with Crippen LogP contribution in [0.2, 0.25) is 4.34 Å². The van der Waals surface area contributed by atoms with Crippen molar-refractivity contribution in [1.82, 2.24) is 9.97 Å². The summed E-state index contributed by atoms with van der Waals surface area (Å²) >= 11 is 10.8. The van der Waals surface area contributed by atoms with Gasteiger partial charge in [-0.2, -0.15) is 0 Å². The Bertz CT molecular complexity index is 1430. The topological polar surface area (TPSA) is 81.2 Å². The van der Waals surface area contributed by atoms with Crippen molar-refractivity contribution < 1.29 is 14.3 Å². The molecule has 3 aromatic heterocycles. The van der Waals surface area contributed by atoms with Gasteiger partial charge in [-0.3, -0.25) is 4.79 Å². The van der Waals surface area contributed by atoms with Gasteiger partial charge in [-0.15, -0.1) is 22.7 Å². The van der Waals surface area contributed by atoms with Crippen LogP contribution in [0.3, 0.4) is 0 Å². The highest BCUT2D eigenvalue weighted by Gasteiger charge is 2.26. The lowest BCUT2D eigenvalue weighted by molar-refractivity contribution is -0.113. The van der Waals surface area contributed by atoms with E-state index in [-0.39, 0.29) is 17.2 Å². The summed E-state index contributed by atoms with van der Waals surface area (Å²) in [6.45, 7) is 1.88. The molecule has 0 fully saturated rings. The maximum atomic E-state index is 13.0. The minimum Gasteiger partial charge on any atom is -0.465 e. The number of nitrogens with one attached hydrogen (secondary N) is 1. The first kappa shape index (κ1) is 24.2. The number of rotatable bonds is 6. The first-order chi connectivity index (χ1) is 17.0. The van der Waals surface area contributed by atoms with E-state index in [0.29, 0.717) is 20.7 Å². The Morgan fingerprint density at radius 3 is 2.69 bits per heavy atom. The van der Waals surface area contributed by atoms with Gasteiger partial charge in [-0.1, -0.05) is 53.7 Å². The maximum Gasteiger partial charge on any atom is 0.341 e. The third kappa shape index (κ3) is 4.82. The number of nitrogens with zero attached hydrogens (tertiary/aromatic N) is 2. The van der Waals surface area contributed by atoms with Crippen LogP contribution in [0, 0.1) is 6.92 Å². The third-order valence-corrected chi connectivity index (χ3v) is 9.28. The van der Waals surface area contributed by atoms with E-state index in [1.165, 1.54) is 35.7 Å². The van der Waals surface area contributed by atoms with Crippen LogP contribution in [0.15, 0.2) is 35.4 Å². The van der Waals surface area contributed by atoms with Crippen molar-refractivity contribution in [3.8, 4) is 11.1 Å². The molecule has 0 radical (unpaired) electrons. The number of benzene rings is 1. The molecule has 180 valence electrons. The molecule has 0 saturated heterocycles. The van der Waals surface area contributed by atoms with E-state index < -0.39 is 5.97 Å². The first-order valence-corrected chi connectivity index (χ1v) is 14.1. The van der Waals surface area contributed by atoms with Crippen LogP contribution in [0.4, 0.5) is 5.00 Å². The summed E-state index contributed by atoms with van der Waals surface area (Å²) in [5.74, 6) is 0.0520. The molecule has 0 bridgehead atoms. The number of esters is 1. The average Bonchev–Trinajstić information content (AvgIpc) is 3.39. The Morgan fingerprint density at radius 1 is 1.14 bits per heavy atom. The van der Waals surface area contributed by atoms with Crippen LogP contribution in [-0.2, 0) is 22.4 Å². The smallest absolute Gasteiger partial charge is 0.341 e. The van der Waals surface area contributed by atoms with Crippen molar-refractivity contribution in [2.75, 3.05) is 18.2 Å². The average molecular weight is 544 g/mol. The summed E-state index contributed by atoms with van der Waals surface area (Å²) in [7, 11) is 1.31. The molecule has 10 heteroatoms. The third-order valence-electron chi connectivity index (χ3n) is 5.80. The molecular formula is C25H22ClN3O3S3. The van der Waals surface area contributed by atoms with Crippen LogP contribution >= 0.6 is 46.0 Å². The minimum atomic E-state index is -0.548. The summed E-state index contributed by atoms with van der Waals surface area (Å²) in [6, 6.07) is 9.36. The normalized spacial score (nSPS) is 13.0. The number of halogens is 1. The first-order valence-electron chi connectivity index (χ1n) is 11.1. The number of carbonyl (C=O) groups excluding carboxylic acids is 2. The van der Waals surface area contributed by atoms with Gasteiger partial charge in [0.25, 0.3) is 0 Å². The highest BCUT2D eigenvalue weighted by molar-refractivity contribution is 8.00. The minimum absolute atomic E-state index is 0.146. The lowest BCUT2D eigenvalue weighted by atomic mass is 9.97. The van der Waals surface area contributed by atoms with Crippen molar-refractivity contribution in [1.29, 1.82) is 0 Å². The number of methoxy groups -OCH3 is 1. The summed E-state index contributed by atoms with van der Waals surface area (Å²) in [4.78, 5) is 37.3. The number of hydrogen-bond donors (Lipinski definition) is 1. The molecule has 1 aliphatic carbocycles. The van der Waals surface area contributed by atoms with Crippen molar-refractivity contribution in [3.63, 3.8) is 0 Å². The second-order valence-electron chi connectivity index (χ2n) is 8.12. The van der Waals surface area contributed by atoms with E-state index in [9.17, 15) is 9.59 Å². The number of thioether (sulfide) groups is 1. The highest BCUT2D eigenvalue weighted by Crippen LogP contribution is 2.44. The van der Waals surface area contributed by atoms with E-state index in [2.05, 4.69) is 15.3 Å². The Balaban J connectivity index is 1.41. The van der Waals surface area contributed by atoms with Crippen molar-refractivity contribution in [3.05, 3.63) is 56.5 Å². The van der Waals surface area contributed by atoms with Crippen LogP contribution in [0.5, 0.6) is 0 Å². The zero-order chi connectivity index (χ0) is 24.5. The second-order valence-corrected chi connectivity index (χ2v) is 11.8. The van der Waals surface area contributed by atoms with Crippen LogP contribution in [-0.4, -0.2) is 34.7 Å².